The number of rotatable bonds is 4. The first-order valence-electron chi connectivity index (χ1n) is 6.42. The van der Waals surface area contributed by atoms with E-state index in [1.165, 1.54) is 41.9 Å². The molecule has 1 fully saturated rings. The van der Waals surface area contributed by atoms with Crippen molar-refractivity contribution in [3.8, 4) is 0 Å². The summed E-state index contributed by atoms with van der Waals surface area (Å²) in [5, 5.41) is 11.7. The number of nitrogens with two attached hydrogens (primary N) is 1. The molecule has 4 heteroatoms. The Balaban J connectivity index is 2.00. The van der Waals surface area contributed by atoms with Crippen LogP contribution < -0.4 is 5.73 Å². The highest BCUT2D eigenvalue weighted by Gasteiger charge is 2.15. The quantitative estimate of drug-likeness (QED) is 0.288. The average Bonchev–Trinajstić information content (AvgIpc) is 2.89. The SMILES string of the molecule is Cc1cc(/C(N)=N/O)ccc1SCC1CCCC1. The second kappa shape index (κ2) is 6.14. The highest BCUT2D eigenvalue weighted by Crippen LogP contribution is 2.32. The molecule has 1 aromatic carbocycles. The third-order valence-corrected chi connectivity index (χ3v) is 4.93. The number of amidine groups is 1. The molecule has 1 aliphatic rings. The Morgan fingerprint density at radius 3 is 2.78 bits per heavy atom. The second-order valence-corrected chi connectivity index (χ2v) is 5.99. The maximum absolute atomic E-state index is 8.65. The molecular formula is C14H20N2OS. The van der Waals surface area contributed by atoms with Gasteiger partial charge in [0.2, 0.25) is 0 Å². The Kier molecular flexibility index (Phi) is 4.53. The predicted octanol–water partition coefficient (Wildman–Crippen LogP) is 3.37. The lowest BCUT2D eigenvalue weighted by molar-refractivity contribution is 0.318. The minimum absolute atomic E-state index is 0.172. The van der Waals surface area contributed by atoms with Crippen LogP contribution in [0.3, 0.4) is 0 Å². The minimum atomic E-state index is 0.172. The summed E-state index contributed by atoms with van der Waals surface area (Å²) < 4.78 is 0. The van der Waals surface area contributed by atoms with Crippen LogP contribution in [0.25, 0.3) is 0 Å². The van der Waals surface area contributed by atoms with Gasteiger partial charge in [-0.3, -0.25) is 0 Å². The number of hydrogen-bond acceptors (Lipinski definition) is 3. The van der Waals surface area contributed by atoms with E-state index in [1.54, 1.807) is 0 Å². The summed E-state index contributed by atoms with van der Waals surface area (Å²) >= 11 is 1.93. The van der Waals surface area contributed by atoms with Crippen molar-refractivity contribution >= 4 is 17.6 Å². The lowest BCUT2D eigenvalue weighted by Gasteiger charge is -2.11. The maximum Gasteiger partial charge on any atom is 0.170 e. The van der Waals surface area contributed by atoms with Crippen LogP contribution in [0.15, 0.2) is 28.3 Å². The van der Waals surface area contributed by atoms with Gasteiger partial charge in [-0.05, 0) is 43.4 Å². The number of thioether (sulfide) groups is 1. The summed E-state index contributed by atoms with van der Waals surface area (Å²) in [7, 11) is 0. The fraction of sp³-hybridized carbons (Fsp3) is 0.500. The van der Waals surface area contributed by atoms with Crippen molar-refractivity contribution in [2.75, 3.05) is 5.75 Å². The van der Waals surface area contributed by atoms with Gasteiger partial charge in [-0.1, -0.05) is 24.1 Å². The van der Waals surface area contributed by atoms with Gasteiger partial charge in [0.05, 0.1) is 0 Å². The fourth-order valence-electron chi connectivity index (χ4n) is 2.41. The lowest BCUT2D eigenvalue weighted by Crippen LogP contribution is -2.13. The van der Waals surface area contributed by atoms with Crippen LogP contribution in [0.2, 0.25) is 0 Å². The van der Waals surface area contributed by atoms with Gasteiger partial charge >= 0.3 is 0 Å². The fourth-order valence-corrected chi connectivity index (χ4v) is 3.61. The van der Waals surface area contributed by atoms with Crippen LogP contribution in [0, 0.1) is 12.8 Å². The van der Waals surface area contributed by atoms with Gasteiger partial charge in [0.1, 0.15) is 0 Å². The summed E-state index contributed by atoms with van der Waals surface area (Å²) in [5.41, 5.74) is 7.55. The first kappa shape index (κ1) is 13.3. The number of aryl methyl sites for hydroxylation is 1. The zero-order valence-electron chi connectivity index (χ0n) is 10.7. The average molecular weight is 264 g/mol. The predicted molar refractivity (Wildman–Crippen MR) is 76.4 cm³/mol. The molecule has 0 bridgehead atoms. The molecular weight excluding hydrogens is 244 g/mol. The maximum atomic E-state index is 8.65. The molecule has 3 nitrogen and oxygen atoms in total. The molecule has 0 amide bonds. The Bertz CT molecular complexity index is 439. The molecule has 0 saturated heterocycles. The van der Waals surface area contributed by atoms with E-state index in [-0.39, 0.29) is 5.84 Å². The van der Waals surface area contributed by atoms with Crippen LogP contribution in [0.5, 0.6) is 0 Å². The van der Waals surface area contributed by atoms with Gasteiger partial charge in [-0.25, -0.2) is 0 Å². The van der Waals surface area contributed by atoms with Crippen molar-refractivity contribution in [3.05, 3.63) is 29.3 Å². The smallest absolute Gasteiger partial charge is 0.170 e. The van der Waals surface area contributed by atoms with E-state index < -0.39 is 0 Å². The van der Waals surface area contributed by atoms with Crippen LogP contribution >= 0.6 is 11.8 Å². The molecule has 0 aliphatic heterocycles. The molecule has 3 N–H and O–H groups in total. The molecule has 0 heterocycles. The molecule has 0 spiro atoms. The van der Waals surface area contributed by atoms with Gasteiger partial charge in [0, 0.05) is 16.2 Å². The van der Waals surface area contributed by atoms with Gasteiger partial charge in [-0.15, -0.1) is 11.8 Å². The summed E-state index contributed by atoms with van der Waals surface area (Å²) in [5.74, 6) is 2.27. The van der Waals surface area contributed by atoms with Crippen LogP contribution in [-0.2, 0) is 0 Å². The first-order valence-corrected chi connectivity index (χ1v) is 7.40. The summed E-state index contributed by atoms with van der Waals surface area (Å²) in [6.07, 6.45) is 5.56. The second-order valence-electron chi connectivity index (χ2n) is 4.93. The third-order valence-electron chi connectivity index (χ3n) is 3.53. The summed E-state index contributed by atoms with van der Waals surface area (Å²) in [4.78, 5) is 1.30. The van der Waals surface area contributed by atoms with E-state index in [1.807, 2.05) is 23.9 Å². The van der Waals surface area contributed by atoms with E-state index in [9.17, 15) is 0 Å². The Morgan fingerprint density at radius 2 is 2.17 bits per heavy atom. The molecule has 2 rings (SSSR count). The number of hydrogen-bond donors (Lipinski definition) is 2. The largest absolute Gasteiger partial charge is 0.409 e. The van der Waals surface area contributed by atoms with Crippen molar-refractivity contribution in [2.24, 2.45) is 16.8 Å². The number of oxime groups is 1. The van der Waals surface area contributed by atoms with Gasteiger partial charge in [0.25, 0.3) is 0 Å². The van der Waals surface area contributed by atoms with Crippen molar-refractivity contribution in [1.82, 2.24) is 0 Å². The van der Waals surface area contributed by atoms with Gasteiger partial charge < -0.3 is 10.9 Å². The molecule has 0 radical (unpaired) electrons. The molecule has 18 heavy (non-hydrogen) atoms. The highest BCUT2D eigenvalue weighted by molar-refractivity contribution is 7.99. The molecule has 1 saturated carbocycles. The molecule has 1 aromatic rings. The molecule has 98 valence electrons. The van der Waals surface area contributed by atoms with E-state index in [2.05, 4.69) is 18.1 Å². The highest BCUT2D eigenvalue weighted by atomic mass is 32.2. The Labute approximate surface area is 112 Å². The van der Waals surface area contributed by atoms with E-state index >= 15 is 0 Å². The standard InChI is InChI=1S/C14H20N2OS/c1-10-8-12(14(15)16-17)6-7-13(10)18-9-11-4-2-3-5-11/h6-8,11,17H,2-5,9H2,1H3,(H2,15,16). The molecule has 0 unspecified atom stereocenters. The molecule has 0 aromatic heterocycles. The van der Waals surface area contributed by atoms with Crippen molar-refractivity contribution in [3.63, 3.8) is 0 Å². The minimum Gasteiger partial charge on any atom is -0.409 e. The summed E-state index contributed by atoms with van der Waals surface area (Å²) in [6, 6.07) is 5.97. The first-order chi connectivity index (χ1) is 8.70. The van der Waals surface area contributed by atoms with Crippen LogP contribution in [0.4, 0.5) is 0 Å². The van der Waals surface area contributed by atoms with Crippen LogP contribution in [-0.4, -0.2) is 16.8 Å². The van der Waals surface area contributed by atoms with Crippen molar-refractivity contribution in [1.29, 1.82) is 0 Å². The zero-order chi connectivity index (χ0) is 13.0. The Morgan fingerprint density at radius 1 is 1.44 bits per heavy atom. The number of benzene rings is 1. The van der Waals surface area contributed by atoms with Crippen molar-refractivity contribution < 1.29 is 5.21 Å². The topological polar surface area (TPSA) is 58.6 Å². The van der Waals surface area contributed by atoms with E-state index in [0.717, 1.165) is 11.5 Å². The normalized spacial score (nSPS) is 17.3. The van der Waals surface area contributed by atoms with E-state index in [4.69, 9.17) is 10.9 Å². The zero-order valence-corrected chi connectivity index (χ0v) is 11.5. The lowest BCUT2D eigenvalue weighted by atomic mass is 10.1. The van der Waals surface area contributed by atoms with Gasteiger partial charge in [-0.2, -0.15) is 0 Å². The van der Waals surface area contributed by atoms with E-state index in [0.29, 0.717) is 0 Å². The summed E-state index contributed by atoms with van der Waals surface area (Å²) in [6.45, 7) is 2.07. The van der Waals surface area contributed by atoms with Crippen LogP contribution in [0.1, 0.15) is 36.8 Å². The third kappa shape index (κ3) is 3.19. The van der Waals surface area contributed by atoms with Gasteiger partial charge in [0.15, 0.2) is 5.84 Å². The monoisotopic (exact) mass is 264 g/mol. The number of nitrogens with zero attached hydrogens (tertiary/aromatic N) is 1. The Hall–Kier alpha value is -1.16. The molecule has 0 atom stereocenters. The molecule has 1 aliphatic carbocycles. The van der Waals surface area contributed by atoms with Crippen molar-refractivity contribution in [2.45, 2.75) is 37.5 Å².